The second-order valence-electron chi connectivity index (χ2n) is 3.77. The number of rotatable bonds is 4. The van der Waals surface area contributed by atoms with E-state index in [4.69, 9.17) is 5.11 Å². The highest BCUT2D eigenvalue weighted by Gasteiger charge is 1.97. The first-order valence-electron chi connectivity index (χ1n) is 5.16. The second-order valence-corrected chi connectivity index (χ2v) is 3.77. The van der Waals surface area contributed by atoms with Gasteiger partial charge in [0.2, 0.25) is 0 Å². The summed E-state index contributed by atoms with van der Waals surface area (Å²) in [7, 11) is 0. The molecular weight excluding hydrogens is 204 g/mol. The van der Waals surface area contributed by atoms with Gasteiger partial charge in [-0.1, -0.05) is 38.1 Å². The van der Waals surface area contributed by atoms with Crippen LogP contribution in [0.2, 0.25) is 0 Å². The van der Waals surface area contributed by atoms with Crippen molar-refractivity contribution in [2.75, 3.05) is 6.61 Å². The Labute approximate surface area is 95.0 Å². The minimum Gasteiger partial charge on any atom is -0.386 e. The van der Waals surface area contributed by atoms with E-state index in [0.29, 0.717) is 5.92 Å². The summed E-state index contributed by atoms with van der Waals surface area (Å²) in [5.74, 6) is -0.0184. The highest BCUT2D eigenvalue weighted by molar-refractivity contribution is 5.82. The van der Waals surface area contributed by atoms with Crippen LogP contribution in [0, 0.1) is 0 Å². The zero-order valence-corrected chi connectivity index (χ0v) is 9.47. The summed E-state index contributed by atoms with van der Waals surface area (Å²) in [6.45, 7) is 3.71. The Hall–Kier alpha value is -1.68. The number of carbonyl (C=O) groups is 1. The van der Waals surface area contributed by atoms with E-state index >= 15 is 0 Å². The number of benzene rings is 1. The molecule has 0 fully saturated rings. The van der Waals surface area contributed by atoms with Gasteiger partial charge in [-0.25, -0.2) is 5.43 Å². The maximum absolute atomic E-state index is 10.7. The number of amides is 1. The smallest absolute Gasteiger partial charge is 0.265 e. The van der Waals surface area contributed by atoms with Crippen molar-refractivity contribution in [3.8, 4) is 0 Å². The minimum absolute atomic E-state index is 0.500. The van der Waals surface area contributed by atoms with Crippen molar-refractivity contribution in [1.29, 1.82) is 0 Å². The van der Waals surface area contributed by atoms with E-state index < -0.39 is 12.5 Å². The SMILES string of the molecule is CC(C)c1ccc(/C=N\NC(=O)CO)cc1. The van der Waals surface area contributed by atoms with E-state index in [-0.39, 0.29) is 0 Å². The third-order valence-electron chi connectivity index (χ3n) is 2.15. The average molecular weight is 220 g/mol. The van der Waals surface area contributed by atoms with E-state index in [1.54, 1.807) is 0 Å². The third kappa shape index (κ3) is 3.82. The fraction of sp³-hybridized carbons (Fsp3) is 0.333. The Balaban J connectivity index is 2.58. The summed E-state index contributed by atoms with van der Waals surface area (Å²) in [4.78, 5) is 10.7. The van der Waals surface area contributed by atoms with Crippen LogP contribution in [0.4, 0.5) is 0 Å². The maximum Gasteiger partial charge on any atom is 0.265 e. The van der Waals surface area contributed by atoms with Crippen molar-refractivity contribution in [2.45, 2.75) is 19.8 Å². The zero-order valence-electron chi connectivity index (χ0n) is 9.47. The van der Waals surface area contributed by atoms with Gasteiger partial charge in [0.15, 0.2) is 0 Å². The number of aliphatic hydroxyl groups excluding tert-OH is 1. The van der Waals surface area contributed by atoms with Crippen molar-refractivity contribution in [1.82, 2.24) is 5.43 Å². The molecule has 0 bridgehead atoms. The summed E-state index contributed by atoms with van der Waals surface area (Å²) in [5, 5.41) is 12.1. The highest BCUT2D eigenvalue weighted by atomic mass is 16.3. The predicted octanol–water partition coefficient (Wildman–Crippen LogP) is 1.25. The van der Waals surface area contributed by atoms with Gasteiger partial charge in [-0.2, -0.15) is 5.10 Å². The van der Waals surface area contributed by atoms with E-state index in [1.807, 2.05) is 24.3 Å². The maximum atomic E-state index is 10.7. The number of hydrazone groups is 1. The van der Waals surface area contributed by atoms with Gasteiger partial charge < -0.3 is 5.11 Å². The summed E-state index contributed by atoms with van der Waals surface area (Å²) in [6.07, 6.45) is 1.54. The minimum atomic E-state index is -0.552. The number of aliphatic hydroxyl groups is 1. The van der Waals surface area contributed by atoms with Crippen LogP contribution in [0.5, 0.6) is 0 Å². The molecule has 4 nitrogen and oxygen atoms in total. The van der Waals surface area contributed by atoms with Crippen LogP contribution in [-0.2, 0) is 4.79 Å². The lowest BCUT2D eigenvalue weighted by Crippen LogP contribution is -2.20. The Morgan fingerprint density at radius 2 is 2.06 bits per heavy atom. The van der Waals surface area contributed by atoms with E-state index in [2.05, 4.69) is 24.4 Å². The Kier molecular flexibility index (Phi) is 4.66. The van der Waals surface area contributed by atoms with Crippen molar-refractivity contribution in [3.63, 3.8) is 0 Å². The zero-order chi connectivity index (χ0) is 12.0. The van der Waals surface area contributed by atoms with Crippen LogP contribution in [0.3, 0.4) is 0 Å². The van der Waals surface area contributed by atoms with Gasteiger partial charge in [-0.05, 0) is 17.0 Å². The molecule has 0 heterocycles. The number of carbonyl (C=O) groups excluding carboxylic acids is 1. The molecule has 0 spiro atoms. The Bertz CT molecular complexity index is 369. The molecule has 0 saturated carbocycles. The monoisotopic (exact) mass is 220 g/mol. The van der Waals surface area contributed by atoms with Crippen molar-refractivity contribution in [2.24, 2.45) is 5.10 Å². The first kappa shape index (κ1) is 12.4. The van der Waals surface area contributed by atoms with Crippen molar-refractivity contribution >= 4 is 12.1 Å². The number of hydrogen-bond donors (Lipinski definition) is 2. The Morgan fingerprint density at radius 3 is 2.56 bits per heavy atom. The van der Waals surface area contributed by atoms with Crippen LogP contribution in [-0.4, -0.2) is 23.8 Å². The number of hydrogen-bond acceptors (Lipinski definition) is 3. The number of nitrogens with one attached hydrogen (secondary N) is 1. The lowest BCUT2D eigenvalue weighted by atomic mass is 10.0. The quantitative estimate of drug-likeness (QED) is 0.592. The molecule has 0 aliphatic carbocycles. The van der Waals surface area contributed by atoms with Crippen LogP contribution < -0.4 is 5.43 Å². The Morgan fingerprint density at radius 1 is 1.44 bits per heavy atom. The predicted molar refractivity (Wildman–Crippen MR) is 63.4 cm³/mol. The second kappa shape index (κ2) is 6.02. The highest BCUT2D eigenvalue weighted by Crippen LogP contribution is 2.13. The van der Waals surface area contributed by atoms with Gasteiger partial charge in [0.25, 0.3) is 5.91 Å². The molecule has 0 radical (unpaired) electrons. The molecular formula is C12H16N2O2. The van der Waals surface area contributed by atoms with Gasteiger partial charge in [-0.15, -0.1) is 0 Å². The van der Waals surface area contributed by atoms with Gasteiger partial charge >= 0.3 is 0 Å². The largest absolute Gasteiger partial charge is 0.386 e. The normalized spacial score (nSPS) is 11.0. The summed E-state index contributed by atoms with van der Waals surface area (Å²) < 4.78 is 0. The van der Waals surface area contributed by atoms with Crippen LogP contribution >= 0.6 is 0 Å². The summed E-state index contributed by atoms with van der Waals surface area (Å²) in [6, 6.07) is 7.92. The lowest BCUT2D eigenvalue weighted by Gasteiger charge is -2.04. The summed E-state index contributed by atoms with van der Waals surface area (Å²) in [5.41, 5.74) is 4.36. The lowest BCUT2D eigenvalue weighted by molar-refractivity contribution is -0.123. The standard InChI is InChI=1S/C12H16N2O2/c1-9(2)11-5-3-10(4-6-11)7-13-14-12(16)8-15/h3-7,9,15H,8H2,1-2H3,(H,14,16)/b13-7-. The molecule has 2 N–H and O–H groups in total. The topological polar surface area (TPSA) is 61.7 Å². The van der Waals surface area contributed by atoms with Crippen LogP contribution in [0.1, 0.15) is 30.9 Å². The van der Waals surface area contributed by atoms with Gasteiger partial charge in [0.1, 0.15) is 6.61 Å². The molecule has 86 valence electrons. The van der Waals surface area contributed by atoms with E-state index in [0.717, 1.165) is 5.56 Å². The molecule has 1 rings (SSSR count). The molecule has 0 unspecified atom stereocenters. The molecule has 0 saturated heterocycles. The molecule has 1 aromatic carbocycles. The molecule has 1 aromatic rings. The average Bonchev–Trinajstić information content (AvgIpc) is 2.29. The fourth-order valence-electron chi connectivity index (χ4n) is 1.18. The van der Waals surface area contributed by atoms with Crippen LogP contribution in [0.25, 0.3) is 0 Å². The fourth-order valence-corrected chi connectivity index (χ4v) is 1.18. The van der Waals surface area contributed by atoms with Gasteiger partial charge in [-0.3, -0.25) is 4.79 Å². The molecule has 0 aliphatic rings. The molecule has 0 atom stereocenters. The van der Waals surface area contributed by atoms with Gasteiger partial charge in [0.05, 0.1) is 6.21 Å². The molecule has 1 amide bonds. The van der Waals surface area contributed by atoms with Crippen molar-refractivity contribution < 1.29 is 9.90 Å². The third-order valence-corrected chi connectivity index (χ3v) is 2.15. The first-order valence-corrected chi connectivity index (χ1v) is 5.16. The van der Waals surface area contributed by atoms with Crippen molar-refractivity contribution in [3.05, 3.63) is 35.4 Å². The molecule has 4 heteroatoms. The molecule has 16 heavy (non-hydrogen) atoms. The number of nitrogens with zero attached hydrogens (tertiary/aromatic N) is 1. The molecule has 0 aromatic heterocycles. The van der Waals surface area contributed by atoms with E-state index in [9.17, 15) is 4.79 Å². The summed E-state index contributed by atoms with van der Waals surface area (Å²) >= 11 is 0. The molecule has 0 aliphatic heterocycles. The van der Waals surface area contributed by atoms with E-state index in [1.165, 1.54) is 11.8 Å². The first-order chi connectivity index (χ1) is 7.63. The van der Waals surface area contributed by atoms with Gasteiger partial charge in [0, 0.05) is 0 Å². The van der Waals surface area contributed by atoms with Crippen LogP contribution in [0.15, 0.2) is 29.4 Å².